The SMILES string of the molecule is C=C(C)CN(CC)C(=O)C(C)N1CCCC(O)C1. The number of nitrogens with zero attached hydrogens (tertiary/aromatic N) is 2. The quantitative estimate of drug-likeness (QED) is 0.751. The molecule has 2 unspecified atom stereocenters. The molecule has 18 heavy (non-hydrogen) atoms. The van der Waals surface area contributed by atoms with Crippen molar-refractivity contribution in [1.29, 1.82) is 0 Å². The molecule has 0 radical (unpaired) electrons. The molecule has 1 fully saturated rings. The van der Waals surface area contributed by atoms with Gasteiger partial charge in [0.05, 0.1) is 12.1 Å². The van der Waals surface area contributed by atoms with E-state index in [0.717, 1.165) is 25.0 Å². The van der Waals surface area contributed by atoms with Crippen molar-refractivity contribution >= 4 is 5.91 Å². The topological polar surface area (TPSA) is 43.8 Å². The third-order valence-electron chi connectivity index (χ3n) is 3.49. The Hall–Kier alpha value is -0.870. The van der Waals surface area contributed by atoms with Crippen molar-refractivity contribution < 1.29 is 9.90 Å². The van der Waals surface area contributed by atoms with Crippen LogP contribution in [0.15, 0.2) is 12.2 Å². The van der Waals surface area contributed by atoms with Crippen molar-refractivity contribution in [1.82, 2.24) is 9.80 Å². The lowest BCUT2D eigenvalue weighted by Gasteiger charge is -2.36. The van der Waals surface area contributed by atoms with Gasteiger partial charge in [0.15, 0.2) is 0 Å². The highest BCUT2D eigenvalue weighted by Gasteiger charge is 2.28. The lowest BCUT2D eigenvalue weighted by atomic mass is 10.1. The molecule has 0 aromatic rings. The second-order valence-corrected chi connectivity index (χ2v) is 5.28. The Morgan fingerprint density at radius 2 is 2.28 bits per heavy atom. The first kappa shape index (κ1) is 15.2. The number of carbonyl (C=O) groups excluding carboxylic acids is 1. The third-order valence-corrected chi connectivity index (χ3v) is 3.49. The maximum Gasteiger partial charge on any atom is 0.239 e. The van der Waals surface area contributed by atoms with Crippen molar-refractivity contribution in [2.45, 2.75) is 45.8 Å². The highest BCUT2D eigenvalue weighted by Crippen LogP contribution is 2.14. The van der Waals surface area contributed by atoms with Gasteiger partial charge < -0.3 is 10.0 Å². The van der Waals surface area contributed by atoms with E-state index < -0.39 is 0 Å². The van der Waals surface area contributed by atoms with Gasteiger partial charge in [0.2, 0.25) is 5.91 Å². The normalized spacial score (nSPS) is 22.6. The van der Waals surface area contributed by atoms with Crippen LogP contribution in [0.1, 0.15) is 33.6 Å². The van der Waals surface area contributed by atoms with Crippen LogP contribution in [0.4, 0.5) is 0 Å². The van der Waals surface area contributed by atoms with Gasteiger partial charge in [-0.1, -0.05) is 12.2 Å². The lowest BCUT2D eigenvalue weighted by molar-refractivity contribution is -0.137. The van der Waals surface area contributed by atoms with Crippen molar-refractivity contribution in [2.24, 2.45) is 0 Å². The van der Waals surface area contributed by atoms with Gasteiger partial charge in [0, 0.05) is 19.6 Å². The van der Waals surface area contributed by atoms with Crippen molar-refractivity contribution in [3.05, 3.63) is 12.2 Å². The van der Waals surface area contributed by atoms with Crippen LogP contribution in [-0.2, 0) is 4.79 Å². The summed E-state index contributed by atoms with van der Waals surface area (Å²) in [6, 6.07) is -0.153. The van der Waals surface area contributed by atoms with Crippen molar-refractivity contribution in [3.8, 4) is 0 Å². The van der Waals surface area contributed by atoms with Gasteiger partial charge in [0.25, 0.3) is 0 Å². The number of rotatable bonds is 5. The van der Waals surface area contributed by atoms with Crippen LogP contribution in [0.25, 0.3) is 0 Å². The summed E-state index contributed by atoms with van der Waals surface area (Å²) >= 11 is 0. The number of β-amino-alcohol motifs (C(OH)–C–C–N with tert-alkyl or cyclic N) is 1. The molecule has 0 spiro atoms. The van der Waals surface area contributed by atoms with Crippen molar-refractivity contribution in [2.75, 3.05) is 26.2 Å². The first-order chi connectivity index (χ1) is 8.45. The maximum atomic E-state index is 12.4. The largest absolute Gasteiger partial charge is 0.392 e. The number of likely N-dealkylation sites (tertiary alicyclic amines) is 1. The van der Waals surface area contributed by atoms with Gasteiger partial charge in [0.1, 0.15) is 0 Å². The number of piperidine rings is 1. The number of amides is 1. The molecule has 1 saturated heterocycles. The Morgan fingerprint density at radius 1 is 1.61 bits per heavy atom. The molecule has 1 aliphatic heterocycles. The summed E-state index contributed by atoms with van der Waals surface area (Å²) in [5.41, 5.74) is 0.996. The minimum absolute atomic E-state index is 0.134. The summed E-state index contributed by atoms with van der Waals surface area (Å²) < 4.78 is 0. The molecule has 0 saturated carbocycles. The fourth-order valence-electron chi connectivity index (χ4n) is 2.43. The molecule has 0 aromatic heterocycles. The smallest absolute Gasteiger partial charge is 0.239 e. The van der Waals surface area contributed by atoms with Crippen LogP contribution >= 0.6 is 0 Å². The van der Waals surface area contributed by atoms with E-state index in [1.807, 2.05) is 25.7 Å². The fraction of sp³-hybridized carbons (Fsp3) is 0.786. The number of aliphatic hydroxyl groups is 1. The van der Waals surface area contributed by atoms with Gasteiger partial charge in [-0.05, 0) is 40.2 Å². The predicted octanol–water partition coefficient (Wildman–Crippen LogP) is 1.26. The minimum Gasteiger partial charge on any atom is -0.392 e. The zero-order valence-corrected chi connectivity index (χ0v) is 11.9. The fourth-order valence-corrected chi connectivity index (χ4v) is 2.43. The predicted molar refractivity (Wildman–Crippen MR) is 73.3 cm³/mol. The number of hydrogen-bond donors (Lipinski definition) is 1. The van der Waals surface area contributed by atoms with Crippen LogP contribution < -0.4 is 0 Å². The van der Waals surface area contributed by atoms with Crippen LogP contribution in [0.5, 0.6) is 0 Å². The van der Waals surface area contributed by atoms with E-state index in [-0.39, 0.29) is 18.1 Å². The van der Waals surface area contributed by atoms with E-state index in [4.69, 9.17) is 0 Å². The summed E-state index contributed by atoms with van der Waals surface area (Å²) in [6.45, 7) is 12.5. The molecule has 1 N–H and O–H groups in total. The molecule has 104 valence electrons. The lowest BCUT2D eigenvalue weighted by Crippen LogP contribution is -2.51. The van der Waals surface area contributed by atoms with Gasteiger partial charge >= 0.3 is 0 Å². The summed E-state index contributed by atoms with van der Waals surface area (Å²) in [6.07, 6.45) is 1.52. The van der Waals surface area contributed by atoms with E-state index in [1.54, 1.807) is 0 Å². The highest BCUT2D eigenvalue weighted by atomic mass is 16.3. The molecule has 0 aromatic carbocycles. The van der Waals surface area contributed by atoms with E-state index in [9.17, 15) is 9.90 Å². The van der Waals surface area contributed by atoms with E-state index >= 15 is 0 Å². The van der Waals surface area contributed by atoms with Gasteiger partial charge in [-0.25, -0.2) is 0 Å². The average Bonchev–Trinajstić information content (AvgIpc) is 2.34. The molecule has 0 bridgehead atoms. The standard InChI is InChI=1S/C14H26N2O2/c1-5-15(9-11(2)3)14(18)12(4)16-8-6-7-13(17)10-16/h12-13,17H,2,5-10H2,1,3-4H3. The molecule has 1 amide bonds. The van der Waals surface area contributed by atoms with E-state index in [1.165, 1.54) is 0 Å². The highest BCUT2D eigenvalue weighted by molar-refractivity contribution is 5.81. The molecule has 1 aliphatic rings. The summed E-state index contributed by atoms with van der Waals surface area (Å²) in [7, 11) is 0. The number of hydrogen-bond acceptors (Lipinski definition) is 3. The van der Waals surface area contributed by atoms with Gasteiger partial charge in [-0.3, -0.25) is 9.69 Å². The zero-order valence-electron chi connectivity index (χ0n) is 11.9. The molecule has 0 aliphatic carbocycles. The van der Waals surface area contributed by atoms with Crippen LogP contribution in [0.2, 0.25) is 0 Å². The third kappa shape index (κ3) is 4.10. The van der Waals surface area contributed by atoms with Gasteiger partial charge in [-0.15, -0.1) is 0 Å². The van der Waals surface area contributed by atoms with Gasteiger partial charge in [-0.2, -0.15) is 0 Å². The van der Waals surface area contributed by atoms with Crippen LogP contribution in [0.3, 0.4) is 0 Å². The summed E-state index contributed by atoms with van der Waals surface area (Å²) in [5.74, 6) is 0.134. The minimum atomic E-state index is -0.287. The molecule has 4 nitrogen and oxygen atoms in total. The summed E-state index contributed by atoms with van der Waals surface area (Å²) in [5, 5.41) is 9.67. The molecule has 1 heterocycles. The zero-order chi connectivity index (χ0) is 13.7. The first-order valence-corrected chi connectivity index (χ1v) is 6.81. The van der Waals surface area contributed by atoms with Crippen LogP contribution in [0, 0.1) is 0 Å². The maximum absolute atomic E-state index is 12.4. The Kier molecular flexibility index (Phi) is 5.82. The Labute approximate surface area is 110 Å². The second kappa shape index (κ2) is 6.90. The van der Waals surface area contributed by atoms with Crippen molar-refractivity contribution in [3.63, 3.8) is 0 Å². The first-order valence-electron chi connectivity index (χ1n) is 6.81. The number of aliphatic hydroxyl groups excluding tert-OH is 1. The molecule has 1 rings (SSSR count). The molecular formula is C14H26N2O2. The van der Waals surface area contributed by atoms with E-state index in [2.05, 4.69) is 11.5 Å². The van der Waals surface area contributed by atoms with Crippen LogP contribution in [-0.4, -0.2) is 59.1 Å². The second-order valence-electron chi connectivity index (χ2n) is 5.28. The molecular weight excluding hydrogens is 228 g/mol. The Bertz CT molecular complexity index is 304. The van der Waals surface area contributed by atoms with E-state index in [0.29, 0.717) is 19.6 Å². The summed E-state index contributed by atoms with van der Waals surface area (Å²) in [4.78, 5) is 16.3. The molecule has 2 atom stereocenters. The average molecular weight is 254 g/mol. The monoisotopic (exact) mass is 254 g/mol. The Balaban J connectivity index is 2.60. The molecule has 4 heteroatoms. The number of likely N-dealkylation sites (N-methyl/N-ethyl adjacent to an activating group) is 1. The Morgan fingerprint density at radius 3 is 2.78 bits per heavy atom. The number of carbonyl (C=O) groups is 1.